The third-order valence-corrected chi connectivity index (χ3v) is 6.15. The van der Waals surface area contributed by atoms with Gasteiger partial charge in [0.25, 0.3) is 0 Å². The van der Waals surface area contributed by atoms with Crippen molar-refractivity contribution in [1.82, 2.24) is 4.90 Å². The third kappa shape index (κ3) is 3.01. The maximum atomic E-state index is 2.80. The van der Waals surface area contributed by atoms with Crippen LogP contribution < -0.4 is 0 Å². The Hall–Kier alpha value is -1.08. The normalized spacial score (nSPS) is 30.1. The molecule has 2 bridgehead atoms. The lowest BCUT2D eigenvalue weighted by molar-refractivity contribution is 0.0841. The van der Waals surface area contributed by atoms with Crippen LogP contribution in [-0.4, -0.2) is 17.0 Å². The summed E-state index contributed by atoms with van der Waals surface area (Å²) in [7, 11) is 0. The molecule has 118 valence electrons. The lowest BCUT2D eigenvalue weighted by Crippen LogP contribution is -2.48. The SMILES string of the molecule is C1=C(C2CCCCC2)CC2CCCC1N2Cc1ccccc1. The minimum atomic E-state index is 0.713. The Morgan fingerprint density at radius 2 is 1.68 bits per heavy atom. The molecule has 22 heavy (non-hydrogen) atoms. The summed E-state index contributed by atoms with van der Waals surface area (Å²) in [6.45, 7) is 1.14. The van der Waals surface area contributed by atoms with Crippen molar-refractivity contribution in [3.8, 4) is 0 Å². The first-order chi connectivity index (χ1) is 10.9. The number of hydrogen-bond acceptors (Lipinski definition) is 1. The van der Waals surface area contributed by atoms with Crippen LogP contribution in [0.4, 0.5) is 0 Å². The Bertz CT molecular complexity index is 512. The predicted octanol–water partition coefficient (Wildman–Crippen LogP) is 5.32. The highest BCUT2D eigenvalue weighted by Crippen LogP contribution is 2.40. The van der Waals surface area contributed by atoms with Crippen molar-refractivity contribution in [2.75, 3.05) is 0 Å². The quantitative estimate of drug-likeness (QED) is 0.682. The van der Waals surface area contributed by atoms with Gasteiger partial charge in [0, 0.05) is 18.6 Å². The molecule has 2 unspecified atom stereocenters. The molecule has 0 radical (unpaired) electrons. The zero-order valence-electron chi connectivity index (χ0n) is 13.7. The van der Waals surface area contributed by atoms with Gasteiger partial charge in [-0.15, -0.1) is 0 Å². The standard InChI is InChI=1S/C21H29N/c1-3-8-17(9-4-1)16-22-20-12-7-13-21(22)15-19(14-20)18-10-5-2-6-11-18/h1,3-4,8-9,14,18,20-21H,2,5-7,10-13,15-16H2. The van der Waals surface area contributed by atoms with Crippen molar-refractivity contribution in [2.24, 2.45) is 5.92 Å². The molecular weight excluding hydrogens is 266 g/mol. The summed E-state index contributed by atoms with van der Waals surface area (Å²) < 4.78 is 0. The molecule has 1 aliphatic carbocycles. The topological polar surface area (TPSA) is 3.24 Å². The van der Waals surface area contributed by atoms with E-state index in [-0.39, 0.29) is 0 Å². The number of rotatable bonds is 3. The average Bonchev–Trinajstić information content (AvgIpc) is 2.56. The van der Waals surface area contributed by atoms with Crippen molar-refractivity contribution in [3.05, 3.63) is 47.5 Å². The van der Waals surface area contributed by atoms with Crippen LogP contribution in [0, 0.1) is 5.92 Å². The smallest absolute Gasteiger partial charge is 0.0287 e. The van der Waals surface area contributed by atoms with Crippen molar-refractivity contribution < 1.29 is 0 Å². The van der Waals surface area contributed by atoms with Crippen LogP contribution in [0.2, 0.25) is 0 Å². The van der Waals surface area contributed by atoms with E-state index >= 15 is 0 Å². The van der Waals surface area contributed by atoms with Crippen LogP contribution >= 0.6 is 0 Å². The van der Waals surface area contributed by atoms with Crippen molar-refractivity contribution in [1.29, 1.82) is 0 Å². The van der Waals surface area contributed by atoms with E-state index in [1.165, 1.54) is 63.4 Å². The molecule has 1 saturated heterocycles. The van der Waals surface area contributed by atoms with Crippen LogP contribution in [0.25, 0.3) is 0 Å². The molecule has 0 aromatic heterocycles. The number of fused-ring (bicyclic) bond motifs is 2. The fourth-order valence-electron chi connectivity index (χ4n) is 4.97. The molecule has 1 saturated carbocycles. The summed E-state index contributed by atoms with van der Waals surface area (Å²) in [5.41, 5.74) is 3.31. The van der Waals surface area contributed by atoms with Crippen molar-refractivity contribution >= 4 is 0 Å². The molecule has 1 aromatic rings. The summed E-state index contributed by atoms with van der Waals surface area (Å²) in [6, 6.07) is 12.6. The lowest BCUT2D eigenvalue weighted by atomic mass is 9.75. The molecule has 4 rings (SSSR count). The van der Waals surface area contributed by atoms with Crippen LogP contribution in [-0.2, 0) is 6.54 Å². The molecule has 2 fully saturated rings. The van der Waals surface area contributed by atoms with E-state index < -0.39 is 0 Å². The fraction of sp³-hybridized carbons (Fsp3) is 0.619. The van der Waals surface area contributed by atoms with E-state index in [0.717, 1.165) is 18.5 Å². The second kappa shape index (κ2) is 6.58. The zero-order valence-corrected chi connectivity index (χ0v) is 13.7. The minimum Gasteiger partial charge on any atom is -0.289 e. The molecule has 2 heterocycles. The number of piperidine rings is 1. The Balaban J connectivity index is 1.51. The largest absolute Gasteiger partial charge is 0.289 e. The molecule has 2 aliphatic heterocycles. The van der Waals surface area contributed by atoms with E-state index in [1.54, 1.807) is 0 Å². The highest BCUT2D eigenvalue weighted by molar-refractivity contribution is 5.21. The van der Waals surface area contributed by atoms with Gasteiger partial charge in [-0.1, -0.05) is 67.7 Å². The molecule has 0 N–H and O–H groups in total. The Labute approximate surface area is 135 Å². The van der Waals surface area contributed by atoms with Crippen molar-refractivity contribution in [3.63, 3.8) is 0 Å². The second-order valence-electron chi connectivity index (χ2n) is 7.59. The van der Waals surface area contributed by atoms with Gasteiger partial charge in [0.1, 0.15) is 0 Å². The van der Waals surface area contributed by atoms with Crippen LogP contribution in [0.1, 0.15) is 63.4 Å². The monoisotopic (exact) mass is 295 g/mol. The molecule has 0 amide bonds. The van der Waals surface area contributed by atoms with Crippen LogP contribution in [0.15, 0.2) is 42.0 Å². The zero-order chi connectivity index (χ0) is 14.8. The molecule has 3 aliphatic rings. The maximum Gasteiger partial charge on any atom is 0.0287 e. The summed E-state index contributed by atoms with van der Waals surface area (Å²) in [4.78, 5) is 2.80. The van der Waals surface area contributed by atoms with E-state index in [0.29, 0.717) is 6.04 Å². The first-order valence-electron chi connectivity index (χ1n) is 9.40. The summed E-state index contributed by atoms with van der Waals surface area (Å²) in [5, 5.41) is 0. The molecule has 0 spiro atoms. The predicted molar refractivity (Wildman–Crippen MR) is 92.7 cm³/mol. The Morgan fingerprint density at radius 3 is 2.45 bits per heavy atom. The lowest BCUT2D eigenvalue weighted by Gasteiger charge is -2.46. The van der Waals surface area contributed by atoms with Gasteiger partial charge in [0.05, 0.1) is 0 Å². The van der Waals surface area contributed by atoms with Gasteiger partial charge in [0.2, 0.25) is 0 Å². The third-order valence-electron chi connectivity index (χ3n) is 6.15. The highest BCUT2D eigenvalue weighted by Gasteiger charge is 2.35. The Kier molecular flexibility index (Phi) is 4.34. The highest BCUT2D eigenvalue weighted by atomic mass is 15.2. The van der Waals surface area contributed by atoms with E-state index in [1.807, 2.05) is 5.57 Å². The van der Waals surface area contributed by atoms with Gasteiger partial charge in [-0.3, -0.25) is 4.90 Å². The second-order valence-corrected chi connectivity index (χ2v) is 7.59. The molecule has 2 atom stereocenters. The fourth-order valence-corrected chi connectivity index (χ4v) is 4.97. The maximum absolute atomic E-state index is 2.80. The van der Waals surface area contributed by atoms with Crippen LogP contribution in [0.3, 0.4) is 0 Å². The minimum absolute atomic E-state index is 0.713. The van der Waals surface area contributed by atoms with E-state index in [2.05, 4.69) is 41.3 Å². The molecule has 1 nitrogen and oxygen atoms in total. The van der Waals surface area contributed by atoms with Gasteiger partial charge in [-0.25, -0.2) is 0 Å². The van der Waals surface area contributed by atoms with Gasteiger partial charge >= 0.3 is 0 Å². The van der Waals surface area contributed by atoms with Crippen LogP contribution in [0.5, 0.6) is 0 Å². The first kappa shape index (κ1) is 14.5. The Morgan fingerprint density at radius 1 is 0.864 bits per heavy atom. The van der Waals surface area contributed by atoms with Gasteiger partial charge in [-0.2, -0.15) is 0 Å². The molecule has 1 aromatic carbocycles. The summed E-state index contributed by atoms with van der Waals surface area (Å²) in [6.07, 6.45) is 15.6. The number of benzene rings is 1. The van der Waals surface area contributed by atoms with Gasteiger partial charge < -0.3 is 0 Å². The van der Waals surface area contributed by atoms with Gasteiger partial charge in [0.15, 0.2) is 0 Å². The van der Waals surface area contributed by atoms with E-state index in [4.69, 9.17) is 0 Å². The van der Waals surface area contributed by atoms with E-state index in [9.17, 15) is 0 Å². The van der Waals surface area contributed by atoms with Gasteiger partial charge in [-0.05, 0) is 43.6 Å². The molecular formula is C21H29N. The first-order valence-corrected chi connectivity index (χ1v) is 9.40. The summed E-state index contributed by atoms with van der Waals surface area (Å²) >= 11 is 0. The average molecular weight is 295 g/mol. The summed E-state index contributed by atoms with van der Waals surface area (Å²) in [5.74, 6) is 0.927. The van der Waals surface area contributed by atoms with Crippen molar-refractivity contribution in [2.45, 2.75) is 76.4 Å². The molecule has 1 heteroatoms. The number of nitrogens with zero attached hydrogens (tertiary/aromatic N) is 1. The number of hydrogen-bond donors (Lipinski definition) is 0.